The van der Waals surface area contributed by atoms with E-state index in [2.05, 4.69) is 4.98 Å². The van der Waals surface area contributed by atoms with Gasteiger partial charge in [0.2, 0.25) is 0 Å². The van der Waals surface area contributed by atoms with Gasteiger partial charge in [0.05, 0.1) is 17.2 Å². The first kappa shape index (κ1) is 10.2. The van der Waals surface area contributed by atoms with Crippen LogP contribution in [0.15, 0.2) is 29.1 Å². The van der Waals surface area contributed by atoms with Crippen LogP contribution in [0.2, 0.25) is 0 Å². The average Bonchev–Trinajstić information content (AvgIpc) is 2.74. The number of benzene rings is 1. The molecular weight excluding hydrogens is 218 g/mol. The molecule has 0 fully saturated rings. The predicted octanol–water partition coefficient (Wildman–Crippen LogP) is 2.47. The molecule has 0 bridgehead atoms. The van der Waals surface area contributed by atoms with Gasteiger partial charge in [-0.25, -0.2) is 13.8 Å². The maximum Gasteiger partial charge on any atom is 0.163 e. The van der Waals surface area contributed by atoms with Gasteiger partial charge in [0, 0.05) is 10.9 Å². The van der Waals surface area contributed by atoms with Crippen LogP contribution in [0, 0.1) is 11.6 Å². The van der Waals surface area contributed by atoms with Gasteiger partial charge < -0.3 is 5.73 Å². The molecule has 2 aromatic rings. The molecule has 0 amide bonds. The number of halogens is 2. The summed E-state index contributed by atoms with van der Waals surface area (Å²) in [6.45, 7) is 0. The first-order chi connectivity index (χ1) is 7.20. The van der Waals surface area contributed by atoms with Crippen LogP contribution in [0.1, 0.15) is 17.3 Å². The van der Waals surface area contributed by atoms with Gasteiger partial charge >= 0.3 is 0 Å². The molecule has 15 heavy (non-hydrogen) atoms. The molecule has 0 saturated carbocycles. The molecule has 5 heteroatoms. The lowest BCUT2D eigenvalue weighted by Crippen LogP contribution is -2.14. The van der Waals surface area contributed by atoms with E-state index in [1.54, 1.807) is 10.9 Å². The van der Waals surface area contributed by atoms with E-state index < -0.39 is 17.7 Å². The highest BCUT2D eigenvalue weighted by molar-refractivity contribution is 7.07. The zero-order valence-electron chi connectivity index (χ0n) is 7.65. The van der Waals surface area contributed by atoms with E-state index in [-0.39, 0.29) is 5.56 Å². The highest BCUT2D eigenvalue weighted by Gasteiger charge is 2.17. The quantitative estimate of drug-likeness (QED) is 0.854. The number of aromatic nitrogens is 1. The van der Waals surface area contributed by atoms with Crippen LogP contribution in [0.3, 0.4) is 0 Å². The number of rotatable bonds is 2. The minimum Gasteiger partial charge on any atom is -0.319 e. The fraction of sp³-hybridized carbons (Fsp3) is 0.100. The largest absolute Gasteiger partial charge is 0.319 e. The summed E-state index contributed by atoms with van der Waals surface area (Å²) in [5, 5.41) is 1.72. The van der Waals surface area contributed by atoms with Crippen LogP contribution < -0.4 is 5.73 Å². The average molecular weight is 226 g/mol. The second kappa shape index (κ2) is 4.04. The Bertz CT molecular complexity index is 456. The van der Waals surface area contributed by atoms with Crippen molar-refractivity contribution in [3.63, 3.8) is 0 Å². The summed E-state index contributed by atoms with van der Waals surface area (Å²) in [5.74, 6) is -1.80. The lowest BCUT2D eigenvalue weighted by Gasteiger charge is -2.10. The van der Waals surface area contributed by atoms with E-state index in [0.717, 1.165) is 6.07 Å². The Labute approximate surface area is 89.4 Å². The summed E-state index contributed by atoms with van der Waals surface area (Å²) in [7, 11) is 0. The molecule has 2 N–H and O–H groups in total. The molecule has 0 spiro atoms. The Balaban J connectivity index is 2.42. The number of nitrogens with zero attached hydrogens (tertiary/aromatic N) is 1. The fourth-order valence-corrected chi connectivity index (χ4v) is 1.89. The van der Waals surface area contributed by atoms with Crippen molar-refractivity contribution in [2.24, 2.45) is 5.73 Å². The maximum absolute atomic E-state index is 13.4. The van der Waals surface area contributed by atoms with Crippen LogP contribution in [-0.4, -0.2) is 4.98 Å². The monoisotopic (exact) mass is 226 g/mol. The molecule has 0 saturated heterocycles. The molecule has 1 aromatic carbocycles. The zero-order valence-corrected chi connectivity index (χ0v) is 8.47. The van der Waals surface area contributed by atoms with Crippen LogP contribution in [0.4, 0.5) is 8.78 Å². The minimum absolute atomic E-state index is 0.126. The highest BCUT2D eigenvalue weighted by atomic mass is 32.1. The van der Waals surface area contributed by atoms with Crippen molar-refractivity contribution in [1.82, 2.24) is 4.98 Å². The van der Waals surface area contributed by atoms with Crippen molar-refractivity contribution in [2.45, 2.75) is 6.04 Å². The maximum atomic E-state index is 13.4. The van der Waals surface area contributed by atoms with Gasteiger partial charge in [-0.2, -0.15) is 0 Å². The van der Waals surface area contributed by atoms with E-state index in [4.69, 9.17) is 5.73 Å². The van der Waals surface area contributed by atoms with E-state index in [0.29, 0.717) is 5.69 Å². The van der Waals surface area contributed by atoms with Crippen LogP contribution in [0.5, 0.6) is 0 Å². The summed E-state index contributed by atoms with van der Waals surface area (Å²) in [6, 6.07) is 3.24. The summed E-state index contributed by atoms with van der Waals surface area (Å²) >= 11 is 1.37. The molecule has 1 atom stereocenters. The van der Waals surface area contributed by atoms with Gasteiger partial charge in [0.25, 0.3) is 0 Å². The van der Waals surface area contributed by atoms with Gasteiger partial charge in [-0.05, 0) is 6.07 Å². The second-order valence-electron chi connectivity index (χ2n) is 3.03. The van der Waals surface area contributed by atoms with Gasteiger partial charge in [0.15, 0.2) is 11.6 Å². The molecular formula is C10H8F2N2S. The van der Waals surface area contributed by atoms with Crippen molar-refractivity contribution in [3.8, 4) is 0 Å². The Hall–Kier alpha value is -1.33. The Kier molecular flexibility index (Phi) is 2.75. The van der Waals surface area contributed by atoms with Crippen molar-refractivity contribution < 1.29 is 8.78 Å². The zero-order chi connectivity index (χ0) is 10.8. The number of nitrogens with two attached hydrogens (primary N) is 1. The molecule has 1 unspecified atom stereocenters. The SMILES string of the molecule is NC(c1cscn1)c1cccc(F)c1F. The van der Waals surface area contributed by atoms with Crippen molar-refractivity contribution >= 4 is 11.3 Å². The third-order valence-corrected chi connectivity index (χ3v) is 2.69. The van der Waals surface area contributed by atoms with Crippen LogP contribution in [0.25, 0.3) is 0 Å². The summed E-state index contributed by atoms with van der Waals surface area (Å²) in [5.41, 5.74) is 8.04. The molecule has 0 aliphatic heterocycles. The standard InChI is InChI=1S/C10H8F2N2S/c11-7-3-1-2-6(9(7)12)10(13)8-4-15-5-14-8/h1-5,10H,13H2. The van der Waals surface area contributed by atoms with Crippen LogP contribution in [-0.2, 0) is 0 Å². The third kappa shape index (κ3) is 1.88. The van der Waals surface area contributed by atoms with Gasteiger partial charge in [-0.15, -0.1) is 11.3 Å². The molecule has 1 heterocycles. The summed E-state index contributed by atoms with van der Waals surface area (Å²) in [6.07, 6.45) is 0. The van der Waals surface area contributed by atoms with Crippen LogP contribution >= 0.6 is 11.3 Å². The molecule has 2 nitrogen and oxygen atoms in total. The van der Waals surface area contributed by atoms with Gasteiger partial charge in [0.1, 0.15) is 0 Å². The van der Waals surface area contributed by atoms with Gasteiger partial charge in [-0.3, -0.25) is 0 Å². The first-order valence-corrected chi connectivity index (χ1v) is 5.22. The molecule has 78 valence electrons. The van der Waals surface area contributed by atoms with E-state index in [9.17, 15) is 8.78 Å². The Morgan fingerprint density at radius 2 is 2.13 bits per heavy atom. The minimum atomic E-state index is -0.905. The molecule has 0 aliphatic carbocycles. The van der Waals surface area contributed by atoms with E-state index in [1.165, 1.54) is 23.5 Å². The highest BCUT2D eigenvalue weighted by Crippen LogP contribution is 2.23. The Morgan fingerprint density at radius 1 is 1.33 bits per heavy atom. The molecule has 2 rings (SSSR count). The molecule has 0 aliphatic rings. The normalized spacial score (nSPS) is 12.7. The summed E-state index contributed by atoms with van der Waals surface area (Å²) < 4.78 is 26.3. The molecule has 0 radical (unpaired) electrons. The topological polar surface area (TPSA) is 38.9 Å². The third-order valence-electron chi connectivity index (χ3n) is 2.09. The smallest absolute Gasteiger partial charge is 0.163 e. The van der Waals surface area contributed by atoms with E-state index in [1.807, 2.05) is 0 Å². The fourth-order valence-electron chi connectivity index (χ4n) is 1.30. The van der Waals surface area contributed by atoms with Crippen molar-refractivity contribution in [2.75, 3.05) is 0 Å². The second-order valence-corrected chi connectivity index (χ2v) is 3.75. The van der Waals surface area contributed by atoms with Gasteiger partial charge in [-0.1, -0.05) is 12.1 Å². The number of hydrogen-bond acceptors (Lipinski definition) is 3. The Morgan fingerprint density at radius 3 is 2.80 bits per heavy atom. The first-order valence-electron chi connectivity index (χ1n) is 4.27. The molecule has 1 aromatic heterocycles. The lowest BCUT2D eigenvalue weighted by atomic mass is 10.0. The van der Waals surface area contributed by atoms with E-state index >= 15 is 0 Å². The van der Waals surface area contributed by atoms with Crippen molar-refractivity contribution in [3.05, 3.63) is 52.0 Å². The summed E-state index contributed by atoms with van der Waals surface area (Å²) in [4.78, 5) is 3.97. The lowest BCUT2D eigenvalue weighted by molar-refractivity contribution is 0.494. The van der Waals surface area contributed by atoms with Crippen molar-refractivity contribution in [1.29, 1.82) is 0 Å². The predicted molar refractivity (Wildman–Crippen MR) is 54.5 cm³/mol. The number of thiazole rings is 1. The number of hydrogen-bond donors (Lipinski definition) is 1.